The van der Waals surface area contributed by atoms with Crippen molar-refractivity contribution in [1.29, 1.82) is 0 Å². The van der Waals surface area contributed by atoms with E-state index in [0.717, 1.165) is 6.42 Å². The van der Waals surface area contributed by atoms with Crippen molar-refractivity contribution in [1.82, 2.24) is 0 Å². The van der Waals surface area contributed by atoms with Gasteiger partial charge in [-0.2, -0.15) is 0 Å². The summed E-state index contributed by atoms with van der Waals surface area (Å²) in [4.78, 5) is 0. The van der Waals surface area contributed by atoms with Crippen molar-refractivity contribution < 1.29 is 0 Å². The van der Waals surface area contributed by atoms with Crippen LogP contribution in [0.3, 0.4) is 0 Å². The SMILES string of the molecule is [CH2]CCCC.[CH]1CCCCCC1. The number of hydrogen-bond acceptors (Lipinski definition) is 0. The second-order valence-electron chi connectivity index (χ2n) is 3.49. The Morgan fingerprint density at radius 1 is 1.08 bits per heavy atom. The Kier molecular flexibility index (Phi) is 11.0. The molecule has 0 aromatic carbocycles. The van der Waals surface area contributed by atoms with Crippen LogP contribution >= 0.6 is 0 Å². The fourth-order valence-corrected chi connectivity index (χ4v) is 1.33. The summed E-state index contributed by atoms with van der Waals surface area (Å²) in [6, 6.07) is 0. The van der Waals surface area contributed by atoms with Crippen molar-refractivity contribution in [2.45, 2.75) is 64.7 Å². The highest BCUT2D eigenvalue weighted by Crippen LogP contribution is 2.14. The molecule has 0 aromatic rings. The summed E-state index contributed by atoms with van der Waals surface area (Å²) in [6.45, 7) is 5.85. The Labute approximate surface area is 78.8 Å². The van der Waals surface area contributed by atoms with Gasteiger partial charge in [0.05, 0.1) is 0 Å². The van der Waals surface area contributed by atoms with Gasteiger partial charge < -0.3 is 0 Å². The Morgan fingerprint density at radius 2 is 1.67 bits per heavy atom. The number of rotatable bonds is 2. The van der Waals surface area contributed by atoms with Gasteiger partial charge in [0.25, 0.3) is 0 Å². The summed E-state index contributed by atoms with van der Waals surface area (Å²) < 4.78 is 0. The Bertz CT molecular complexity index is 44.8. The predicted octanol–water partition coefficient (Wildman–Crippen LogP) is 4.56. The molecule has 1 aliphatic carbocycles. The minimum absolute atomic E-state index is 1.09. The van der Waals surface area contributed by atoms with Gasteiger partial charge in [0.1, 0.15) is 0 Å². The second kappa shape index (κ2) is 11.0. The summed E-state index contributed by atoms with van der Waals surface area (Å²) in [6.07, 6.45) is 14.7. The molecule has 1 fully saturated rings. The van der Waals surface area contributed by atoms with Gasteiger partial charge in [-0.25, -0.2) is 0 Å². The summed E-state index contributed by atoms with van der Waals surface area (Å²) in [5.74, 6) is 0. The quantitative estimate of drug-likeness (QED) is 0.530. The molecule has 0 amide bonds. The van der Waals surface area contributed by atoms with E-state index in [1.54, 1.807) is 0 Å². The molecule has 1 aliphatic rings. The van der Waals surface area contributed by atoms with Crippen molar-refractivity contribution in [2.75, 3.05) is 0 Å². The molecule has 0 spiro atoms. The van der Waals surface area contributed by atoms with E-state index in [9.17, 15) is 0 Å². The van der Waals surface area contributed by atoms with E-state index in [4.69, 9.17) is 0 Å². The third-order valence-corrected chi connectivity index (χ3v) is 2.17. The molecule has 0 N–H and O–H groups in total. The standard InChI is InChI=1S/C7H13.C5H11/c1-2-4-6-7-5-3-1;1-3-5-4-2/h1H,2-7H2;1,3-5H2,2H3. The largest absolute Gasteiger partial charge is 0.0654 e. The van der Waals surface area contributed by atoms with Gasteiger partial charge in [0, 0.05) is 0 Å². The fraction of sp³-hybridized carbons (Fsp3) is 0.833. The molecule has 1 rings (SSSR count). The van der Waals surface area contributed by atoms with Crippen molar-refractivity contribution in [3.8, 4) is 0 Å². The topological polar surface area (TPSA) is 0 Å². The third kappa shape index (κ3) is 10.0. The first kappa shape index (κ1) is 12.0. The molecule has 0 heterocycles. The molecule has 0 aromatic heterocycles. The zero-order valence-electron chi connectivity index (χ0n) is 8.65. The Hall–Kier alpha value is 0. The fourth-order valence-electron chi connectivity index (χ4n) is 1.33. The van der Waals surface area contributed by atoms with Crippen LogP contribution < -0.4 is 0 Å². The van der Waals surface area contributed by atoms with Gasteiger partial charge in [-0.3, -0.25) is 0 Å². The molecule has 0 saturated heterocycles. The van der Waals surface area contributed by atoms with Crippen LogP contribution in [0.5, 0.6) is 0 Å². The molecule has 0 bridgehead atoms. The Balaban J connectivity index is 0.000000217. The molecule has 0 nitrogen and oxygen atoms in total. The summed E-state index contributed by atoms with van der Waals surface area (Å²) in [7, 11) is 0. The van der Waals surface area contributed by atoms with Crippen molar-refractivity contribution in [2.24, 2.45) is 0 Å². The first-order valence-electron chi connectivity index (χ1n) is 5.52. The minimum atomic E-state index is 1.09. The monoisotopic (exact) mass is 168 g/mol. The van der Waals surface area contributed by atoms with Crippen LogP contribution in [-0.4, -0.2) is 0 Å². The summed E-state index contributed by atoms with van der Waals surface area (Å²) in [5, 5.41) is 0. The first-order chi connectivity index (χ1) is 5.91. The highest BCUT2D eigenvalue weighted by molar-refractivity contribution is 4.67. The van der Waals surface area contributed by atoms with Gasteiger partial charge in [-0.15, -0.1) is 0 Å². The summed E-state index contributed by atoms with van der Waals surface area (Å²) in [5.41, 5.74) is 0. The van der Waals surface area contributed by atoms with E-state index in [-0.39, 0.29) is 0 Å². The molecule has 12 heavy (non-hydrogen) atoms. The van der Waals surface area contributed by atoms with E-state index in [1.165, 1.54) is 51.4 Å². The number of hydrogen-bond donors (Lipinski definition) is 0. The maximum Gasteiger partial charge on any atom is -0.0386 e. The van der Waals surface area contributed by atoms with Crippen molar-refractivity contribution in [3.05, 3.63) is 13.3 Å². The van der Waals surface area contributed by atoms with Crippen LogP contribution in [-0.2, 0) is 0 Å². The highest BCUT2D eigenvalue weighted by atomic mass is 14.0. The van der Waals surface area contributed by atoms with Gasteiger partial charge in [0.2, 0.25) is 0 Å². The molecule has 0 unspecified atom stereocenters. The van der Waals surface area contributed by atoms with Crippen LogP contribution in [0, 0.1) is 13.3 Å². The zero-order chi connectivity index (χ0) is 9.07. The third-order valence-electron chi connectivity index (χ3n) is 2.17. The maximum atomic E-state index is 3.68. The van der Waals surface area contributed by atoms with Crippen molar-refractivity contribution in [3.63, 3.8) is 0 Å². The molecule has 0 atom stereocenters. The van der Waals surface area contributed by atoms with E-state index < -0.39 is 0 Å². The van der Waals surface area contributed by atoms with Gasteiger partial charge in [-0.05, 0) is 6.42 Å². The van der Waals surface area contributed by atoms with Gasteiger partial charge >= 0.3 is 0 Å². The molecule has 2 radical (unpaired) electrons. The lowest BCUT2D eigenvalue weighted by Crippen LogP contribution is -1.68. The minimum Gasteiger partial charge on any atom is -0.0654 e. The van der Waals surface area contributed by atoms with E-state index in [2.05, 4.69) is 20.3 Å². The van der Waals surface area contributed by atoms with Crippen LogP contribution in [0.2, 0.25) is 0 Å². The van der Waals surface area contributed by atoms with Crippen LogP contribution in [0.4, 0.5) is 0 Å². The highest BCUT2D eigenvalue weighted by Gasteiger charge is 1.95. The molecule has 72 valence electrons. The normalized spacial score (nSPS) is 17.5. The van der Waals surface area contributed by atoms with E-state index in [0.29, 0.717) is 0 Å². The van der Waals surface area contributed by atoms with Gasteiger partial charge in [-0.1, -0.05) is 71.6 Å². The zero-order valence-corrected chi connectivity index (χ0v) is 8.65. The average Bonchev–Trinajstić information content (AvgIpc) is 2.37. The van der Waals surface area contributed by atoms with Crippen LogP contribution in [0.15, 0.2) is 0 Å². The Morgan fingerprint density at radius 3 is 2.00 bits per heavy atom. The summed E-state index contributed by atoms with van der Waals surface area (Å²) >= 11 is 0. The molecular weight excluding hydrogens is 144 g/mol. The average molecular weight is 168 g/mol. The lowest BCUT2D eigenvalue weighted by atomic mass is 10.2. The molecule has 0 aliphatic heterocycles. The van der Waals surface area contributed by atoms with Crippen LogP contribution in [0.25, 0.3) is 0 Å². The molecule has 0 heteroatoms. The van der Waals surface area contributed by atoms with E-state index in [1.807, 2.05) is 0 Å². The lowest BCUT2D eigenvalue weighted by Gasteiger charge is -1.85. The smallest absolute Gasteiger partial charge is 0.0386 e. The van der Waals surface area contributed by atoms with Crippen LogP contribution in [0.1, 0.15) is 64.7 Å². The molecular formula is C12H24. The second-order valence-corrected chi connectivity index (χ2v) is 3.49. The number of unbranched alkanes of at least 4 members (excludes halogenated alkanes) is 2. The maximum absolute atomic E-state index is 3.68. The van der Waals surface area contributed by atoms with Crippen molar-refractivity contribution >= 4 is 0 Å². The van der Waals surface area contributed by atoms with Gasteiger partial charge in [0.15, 0.2) is 0 Å². The lowest BCUT2D eigenvalue weighted by molar-refractivity contribution is 0.702. The van der Waals surface area contributed by atoms with E-state index >= 15 is 0 Å². The predicted molar refractivity (Wildman–Crippen MR) is 56.9 cm³/mol. The first-order valence-corrected chi connectivity index (χ1v) is 5.52. The molecule has 1 saturated carbocycles.